The number of ether oxygens (including phenoxy) is 5. The van der Waals surface area contributed by atoms with E-state index in [1.807, 2.05) is 27.7 Å². The fourth-order valence-corrected chi connectivity index (χ4v) is 5.10. The van der Waals surface area contributed by atoms with Crippen molar-refractivity contribution in [3.05, 3.63) is 35.9 Å². The van der Waals surface area contributed by atoms with Gasteiger partial charge in [0.05, 0.1) is 19.3 Å². The molecule has 20 heteroatoms. The van der Waals surface area contributed by atoms with Gasteiger partial charge in [-0.15, -0.1) is 0 Å². The SMILES string of the molecule is CC.CC.O=COCc1ccc(OC2CC(O)CC(C(=O)O)O2)cc1OCCOCCNC(=O)C(CS(=O)(=O)O)NC(=O)CCN1C(=O)C=CC1=O. The second-order valence-corrected chi connectivity index (χ2v) is 11.8. The summed E-state index contributed by atoms with van der Waals surface area (Å²) < 4.78 is 59.0. The summed E-state index contributed by atoms with van der Waals surface area (Å²) in [5, 5.41) is 23.7. The fourth-order valence-electron chi connectivity index (χ4n) is 4.44. The molecule has 0 radical (unpaired) electrons. The van der Waals surface area contributed by atoms with Gasteiger partial charge in [0, 0.05) is 56.1 Å². The zero-order chi connectivity index (χ0) is 39.3. The van der Waals surface area contributed by atoms with Crippen LogP contribution in [0.25, 0.3) is 0 Å². The summed E-state index contributed by atoms with van der Waals surface area (Å²) in [6.45, 7) is 7.54. The summed E-state index contributed by atoms with van der Waals surface area (Å²) in [4.78, 5) is 70.8. The zero-order valence-electron chi connectivity index (χ0n) is 29.3. The number of aliphatic hydroxyl groups is 1. The van der Waals surface area contributed by atoms with Crippen LogP contribution in [0.5, 0.6) is 11.5 Å². The Balaban J connectivity index is 0.00000326. The number of amides is 4. The van der Waals surface area contributed by atoms with E-state index in [2.05, 4.69) is 10.6 Å². The second kappa shape index (κ2) is 23.8. The summed E-state index contributed by atoms with van der Waals surface area (Å²) in [6.07, 6.45) is -1.65. The van der Waals surface area contributed by atoms with Crippen LogP contribution in [0, 0.1) is 0 Å². The van der Waals surface area contributed by atoms with Crippen molar-refractivity contribution in [3.8, 4) is 11.5 Å². The molecule has 0 saturated carbocycles. The molecule has 19 nitrogen and oxygen atoms in total. The Morgan fingerprint density at radius 1 is 1.06 bits per heavy atom. The van der Waals surface area contributed by atoms with Crippen molar-refractivity contribution in [2.45, 2.75) is 78.1 Å². The van der Waals surface area contributed by atoms with Gasteiger partial charge in [0.2, 0.25) is 18.1 Å². The lowest BCUT2D eigenvalue weighted by molar-refractivity contribution is -0.195. The molecule has 0 bridgehead atoms. The monoisotopic (exact) mass is 761 g/mol. The average Bonchev–Trinajstić information content (AvgIpc) is 3.42. The van der Waals surface area contributed by atoms with Crippen LogP contribution in [-0.4, -0.2) is 127 Å². The number of carbonyl (C=O) groups excluding carboxylic acids is 5. The molecule has 2 heterocycles. The first-order valence-electron chi connectivity index (χ1n) is 16.4. The maximum Gasteiger partial charge on any atom is 0.333 e. The summed E-state index contributed by atoms with van der Waals surface area (Å²) in [5.74, 6) is -4.96. The second-order valence-electron chi connectivity index (χ2n) is 10.3. The highest BCUT2D eigenvalue weighted by molar-refractivity contribution is 7.85. The molecule has 2 aliphatic rings. The van der Waals surface area contributed by atoms with E-state index >= 15 is 0 Å². The molecular weight excluding hydrogens is 714 g/mol. The lowest BCUT2D eigenvalue weighted by Gasteiger charge is -2.31. The number of nitrogens with one attached hydrogen (secondary N) is 2. The van der Waals surface area contributed by atoms with E-state index in [4.69, 9.17) is 23.7 Å². The molecule has 1 aromatic rings. The van der Waals surface area contributed by atoms with E-state index in [9.17, 15) is 52.0 Å². The fraction of sp³-hybridized carbons (Fsp3) is 0.562. The number of hydrogen-bond donors (Lipinski definition) is 5. The number of imide groups is 1. The van der Waals surface area contributed by atoms with Crippen LogP contribution in [-0.2, 0) is 59.7 Å². The van der Waals surface area contributed by atoms with Gasteiger partial charge in [-0.25, -0.2) is 4.79 Å². The summed E-state index contributed by atoms with van der Waals surface area (Å²) in [6, 6.07) is 2.83. The predicted molar refractivity (Wildman–Crippen MR) is 180 cm³/mol. The molecule has 1 saturated heterocycles. The number of carboxylic acid groups (broad SMARTS) is 1. The van der Waals surface area contributed by atoms with Crippen LogP contribution < -0.4 is 20.1 Å². The molecule has 0 spiro atoms. The molecule has 2 aliphatic heterocycles. The number of aliphatic hydroxyl groups excluding tert-OH is 1. The molecular formula is C32H47N3O16S. The molecule has 0 aliphatic carbocycles. The van der Waals surface area contributed by atoms with Crippen LogP contribution in [0.15, 0.2) is 30.4 Å². The Bertz CT molecular complexity index is 1470. The average molecular weight is 762 g/mol. The summed E-state index contributed by atoms with van der Waals surface area (Å²) in [5.41, 5.74) is 0.456. The predicted octanol–water partition coefficient (Wildman–Crippen LogP) is -0.0593. The minimum atomic E-state index is -4.69. The van der Waals surface area contributed by atoms with E-state index in [1.54, 1.807) is 6.07 Å². The van der Waals surface area contributed by atoms with Gasteiger partial charge in [-0.2, -0.15) is 8.42 Å². The molecule has 1 fully saturated rings. The third-order valence-corrected chi connectivity index (χ3v) is 7.43. The Hall–Kier alpha value is -4.63. The minimum Gasteiger partial charge on any atom is -0.491 e. The highest BCUT2D eigenvalue weighted by atomic mass is 32.2. The first kappa shape index (κ1) is 45.4. The smallest absolute Gasteiger partial charge is 0.333 e. The van der Waals surface area contributed by atoms with Crippen molar-refractivity contribution in [1.29, 1.82) is 0 Å². The van der Waals surface area contributed by atoms with Gasteiger partial charge in [0.25, 0.3) is 28.4 Å². The molecule has 4 atom stereocenters. The standard InChI is InChI=1S/C28H35N3O16S.2C2H6/c32-16-44-14-17-1-2-19(46-26-12-18(33)11-22(47-26)28(38)39)13-21(17)45-10-9-43-8-6-29-27(37)20(15-48(40,41)42)30-23(34)5-7-31-24(35)3-4-25(31)36;2*1-2/h1-4,13,16,18,20,22,26,33H,5-12,14-15H2,(H,29,37)(H,30,34)(H,38,39)(H,40,41,42);2*1-2H3. The van der Waals surface area contributed by atoms with Crippen molar-refractivity contribution in [1.82, 2.24) is 15.5 Å². The van der Waals surface area contributed by atoms with Crippen molar-refractivity contribution in [2.75, 3.05) is 38.7 Å². The van der Waals surface area contributed by atoms with E-state index in [1.165, 1.54) is 12.1 Å². The van der Waals surface area contributed by atoms with Gasteiger partial charge >= 0.3 is 5.97 Å². The Morgan fingerprint density at radius 2 is 1.73 bits per heavy atom. The number of benzene rings is 1. The maximum absolute atomic E-state index is 12.6. The third kappa shape index (κ3) is 16.6. The molecule has 0 aromatic heterocycles. The first-order valence-corrected chi connectivity index (χ1v) is 18.0. The largest absolute Gasteiger partial charge is 0.491 e. The van der Waals surface area contributed by atoms with Crippen molar-refractivity contribution >= 4 is 46.2 Å². The lowest BCUT2D eigenvalue weighted by atomic mass is 10.1. The molecule has 4 unspecified atom stereocenters. The Morgan fingerprint density at radius 3 is 2.35 bits per heavy atom. The van der Waals surface area contributed by atoms with Crippen LogP contribution in [0.1, 0.15) is 52.5 Å². The number of nitrogens with zero attached hydrogens (tertiary/aromatic N) is 1. The molecule has 1 aromatic carbocycles. The quantitative estimate of drug-likeness (QED) is 0.0504. The highest BCUT2D eigenvalue weighted by Gasteiger charge is 2.34. The Kier molecular flexibility index (Phi) is 20.7. The van der Waals surface area contributed by atoms with Crippen molar-refractivity contribution < 1.29 is 75.6 Å². The van der Waals surface area contributed by atoms with Crippen molar-refractivity contribution in [2.24, 2.45) is 0 Å². The van der Waals surface area contributed by atoms with Gasteiger partial charge in [-0.05, 0) is 12.1 Å². The molecule has 292 valence electrons. The number of rotatable bonds is 20. The summed E-state index contributed by atoms with van der Waals surface area (Å²) >= 11 is 0. The molecule has 52 heavy (non-hydrogen) atoms. The first-order chi connectivity index (χ1) is 24.8. The van der Waals surface area contributed by atoms with E-state index in [0.717, 1.165) is 17.1 Å². The van der Waals surface area contributed by atoms with Crippen LogP contribution >= 0.6 is 0 Å². The van der Waals surface area contributed by atoms with Crippen molar-refractivity contribution in [3.63, 3.8) is 0 Å². The Labute approximate surface area is 301 Å². The van der Waals surface area contributed by atoms with Crippen LogP contribution in [0.2, 0.25) is 0 Å². The van der Waals surface area contributed by atoms with Crippen LogP contribution in [0.4, 0.5) is 0 Å². The maximum atomic E-state index is 12.6. The van der Waals surface area contributed by atoms with Gasteiger partial charge in [-0.3, -0.25) is 33.4 Å². The number of aliphatic carboxylic acids is 1. The highest BCUT2D eigenvalue weighted by Crippen LogP contribution is 2.29. The lowest BCUT2D eigenvalue weighted by Crippen LogP contribution is -2.51. The number of carboxylic acids is 1. The van der Waals surface area contributed by atoms with Gasteiger partial charge in [0.1, 0.15) is 36.5 Å². The minimum absolute atomic E-state index is 0.0128. The molecule has 3 rings (SSSR count). The topological polar surface area (TPSA) is 271 Å². The summed E-state index contributed by atoms with van der Waals surface area (Å²) in [7, 11) is -4.69. The number of carbonyl (C=O) groups is 6. The van der Waals surface area contributed by atoms with E-state index in [-0.39, 0.29) is 70.3 Å². The van der Waals surface area contributed by atoms with E-state index in [0.29, 0.717) is 5.56 Å². The normalized spacial score (nSPS) is 18.5. The molecule has 4 amide bonds. The zero-order valence-corrected chi connectivity index (χ0v) is 30.2. The number of hydrogen-bond acceptors (Lipinski definition) is 14. The van der Waals surface area contributed by atoms with Crippen LogP contribution in [0.3, 0.4) is 0 Å². The van der Waals surface area contributed by atoms with E-state index < -0.39 is 76.4 Å². The molecule has 5 N–H and O–H groups in total. The third-order valence-electron chi connectivity index (χ3n) is 6.68. The van der Waals surface area contributed by atoms with Gasteiger partial charge in [0.15, 0.2) is 6.10 Å². The van der Waals surface area contributed by atoms with Gasteiger partial charge in [-0.1, -0.05) is 27.7 Å². The van der Waals surface area contributed by atoms with Gasteiger partial charge < -0.3 is 44.5 Å².